The van der Waals surface area contributed by atoms with E-state index in [0.29, 0.717) is 22.2 Å². The molecule has 0 unspecified atom stereocenters. The molecular formula is C20H16FN5O4S. The first-order valence-electron chi connectivity index (χ1n) is 9.23. The van der Waals surface area contributed by atoms with Gasteiger partial charge in [0.05, 0.1) is 16.3 Å². The molecule has 0 bridgehead atoms. The van der Waals surface area contributed by atoms with Crippen LogP contribution in [0.5, 0.6) is 0 Å². The van der Waals surface area contributed by atoms with Gasteiger partial charge in [0.1, 0.15) is 11.9 Å². The number of aliphatic imine (C=N–C) groups is 1. The van der Waals surface area contributed by atoms with Gasteiger partial charge in [0, 0.05) is 29.7 Å². The summed E-state index contributed by atoms with van der Waals surface area (Å²) in [4.78, 5) is 26.8. The molecule has 0 saturated heterocycles. The molecule has 2 aromatic carbocycles. The molecule has 0 amide bonds. The number of thioether (sulfide) groups is 1. The number of carbonyl (C=O) groups is 1. The molecule has 1 aromatic heterocycles. The van der Waals surface area contributed by atoms with Gasteiger partial charge in [-0.15, -0.1) is 10.2 Å². The van der Waals surface area contributed by atoms with Crippen LogP contribution in [-0.4, -0.2) is 42.7 Å². The number of aromatic nitrogens is 3. The van der Waals surface area contributed by atoms with E-state index in [0.717, 1.165) is 0 Å². The van der Waals surface area contributed by atoms with Crippen LogP contribution in [-0.2, 0) is 4.79 Å². The van der Waals surface area contributed by atoms with Gasteiger partial charge in [0.2, 0.25) is 0 Å². The van der Waals surface area contributed by atoms with Crippen LogP contribution in [0.15, 0.2) is 52.6 Å². The van der Waals surface area contributed by atoms with E-state index in [2.05, 4.69) is 15.2 Å². The van der Waals surface area contributed by atoms with Crippen molar-refractivity contribution >= 4 is 29.1 Å². The first kappa shape index (κ1) is 20.7. The Morgan fingerprint density at radius 1 is 1.26 bits per heavy atom. The topological polar surface area (TPSA) is 124 Å². The van der Waals surface area contributed by atoms with Crippen LogP contribution >= 0.6 is 11.8 Å². The number of nitro groups is 1. The Balaban J connectivity index is 2.03. The van der Waals surface area contributed by atoms with E-state index < -0.39 is 22.8 Å². The first-order valence-corrected chi connectivity index (χ1v) is 10.5. The predicted octanol–water partition coefficient (Wildman–Crippen LogP) is 3.79. The van der Waals surface area contributed by atoms with Gasteiger partial charge in [-0.25, -0.2) is 4.39 Å². The number of hydrogen-bond donors (Lipinski definition) is 1. The second kappa shape index (κ2) is 8.26. The third kappa shape index (κ3) is 3.79. The molecule has 0 fully saturated rings. The van der Waals surface area contributed by atoms with E-state index in [-0.39, 0.29) is 29.8 Å². The van der Waals surface area contributed by atoms with Crippen molar-refractivity contribution in [2.75, 3.05) is 6.26 Å². The fourth-order valence-corrected chi connectivity index (χ4v) is 3.98. The van der Waals surface area contributed by atoms with Gasteiger partial charge in [-0.1, -0.05) is 23.9 Å². The van der Waals surface area contributed by atoms with Crippen LogP contribution in [0.25, 0.3) is 5.69 Å². The molecule has 0 aliphatic carbocycles. The third-order valence-corrected chi connectivity index (χ3v) is 5.50. The average Bonchev–Trinajstić information content (AvgIpc) is 3.12. The second-order valence-corrected chi connectivity index (χ2v) is 7.52. The van der Waals surface area contributed by atoms with Crippen LogP contribution in [0.2, 0.25) is 0 Å². The van der Waals surface area contributed by atoms with Crippen LogP contribution in [0, 0.1) is 15.9 Å². The quantitative estimate of drug-likeness (QED) is 0.351. The molecule has 1 N–H and O–H groups in total. The molecule has 11 heteroatoms. The predicted molar refractivity (Wildman–Crippen MR) is 111 cm³/mol. The molecule has 4 rings (SSSR count). The first-order chi connectivity index (χ1) is 14.9. The lowest BCUT2D eigenvalue weighted by Crippen LogP contribution is -2.10. The smallest absolute Gasteiger partial charge is 0.303 e. The molecule has 31 heavy (non-hydrogen) atoms. The van der Waals surface area contributed by atoms with Crippen molar-refractivity contribution < 1.29 is 19.2 Å². The van der Waals surface area contributed by atoms with Crippen LogP contribution < -0.4 is 0 Å². The normalized spacial score (nSPS) is 14.9. The summed E-state index contributed by atoms with van der Waals surface area (Å²) in [5, 5.41) is 29.5. The number of aliphatic carboxylic acids is 1. The summed E-state index contributed by atoms with van der Waals surface area (Å²) in [5.74, 6) is -1.15. The summed E-state index contributed by atoms with van der Waals surface area (Å²) in [6, 6.07) is 9.50. The van der Waals surface area contributed by atoms with Crippen molar-refractivity contribution in [3.05, 3.63) is 75.3 Å². The molecule has 9 nitrogen and oxygen atoms in total. The van der Waals surface area contributed by atoms with Crippen LogP contribution in [0.1, 0.15) is 35.8 Å². The van der Waals surface area contributed by atoms with Crippen LogP contribution in [0.4, 0.5) is 10.1 Å². The molecule has 0 spiro atoms. The maximum Gasteiger partial charge on any atom is 0.303 e. The van der Waals surface area contributed by atoms with Crippen molar-refractivity contribution in [1.29, 1.82) is 0 Å². The van der Waals surface area contributed by atoms with Crippen molar-refractivity contribution in [3.8, 4) is 5.69 Å². The lowest BCUT2D eigenvalue weighted by molar-refractivity contribution is -0.384. The fourth-order valence-electron chi connectivity index (χ4n) is 3.48. The monoisotopic (exact) mass is 441 g/mol. The molecule has 0 saturated carbocycles. The van der Waals surface area contributed by atoms with Crippen molar-refractivity contribution in [2.24, 2.45) is 4.99 Å². The minimum atomic E-state index is -1.00. The van der Waals surface area contributed by atoms with Crippen LogP contribution in [0.3, 0.4) is 0 Å². The molecular weight excluding hydrogens is 425 g/mol. The van der Waals surface area contributed by atoms with Gasteiger partial charge in [-0.2, -0.15) is 0 Å². The number of nitrogens with zero attached hydrogens (tertiary/aromatic N) is 5. The standard InChI is InChI=1S/C20H16FN5O4S/c1-31-20-24-23-19-15(7-9-17(27)28)22-18(12-4-2-3-5-14(12)21)13-10-11(26(29)30)6-8-16(13)25(19)20/h2-6,8,10,15H,7,9H2,1H3,(H,27,28)/t15-/m0/s1. The van der Waals surface area contributed by atoms with E-state index in [9.17, 15) is 24.4 Å². The van der Waals surface area contributed by atoms with E-state index in [1.807, 2.05) is 0 Å². The lowest BCUT2D eigenvalue weighted by atomic mass is 9.99. The van der Waals surface area contributed by atoms with Gasteiger partial charge in [0.25, 0.3) is 5.69 Å². The number of nitro benzene ring substituents is 1. The number of benzene rings is 2. The Morgan fingerprint density at radius 3 is 2.71 bits per heavy atom. The minimum Gasteiger partial charge on any atom is -0.481 e. The molecule has 1 aliphatic heterocycles. The number of halogens is 1. The summed E-state index contributed by atoms with van der Waals surface area (Å²) >= 11 is 1.31. The number of non-ortho nitro benzene ring substituents is 1. The Labute approximate surface area is 179 Å². The van der Waals surface area contributed by atoms with Crippen molar-refractivity contribution in [1.82, 2.24) is 14.8 Å². The van der Waals surface area contributed by atoms with Gasteiger partial charge < -0.3 is 5.11 Å². The largest absolute Gasteiger partial charge is 0.481 e. The van der Waals surface area contributed by atoms with Gasteiger partial charge >= 0.3 is 5.97 Å². The fraction of sp³-hybridized carbons (Fsp3) is 0.200. The number of fused-ring (bicyclic) bond motifs is 3. The summed E-state index contributed by atoms with van der Waals surface area (Å²) in [7, 11) is 0. The minimum absolute atomic E-state index is 0.107. The second-order valence-electron chi connectivity index (χ2n) is 6.74. The van der Waals surface area contributed by atoms with Gasteiger partial charge in [-0.3, -0.25) is 24.5 Å². The zero-order chi connectivity index (χ0) is 22.1. The zero-order valence-electron chi connectivity index (χ0n) is 16.2. The number of carboxylic acid groups (broad SMARTS) is 1. The van der Waals surface area contributed by atoms with E-state index >= 15 is 0 Å². The highest BCUT2D eigenvalue weighted by molar-refractivity contribution is 7.98. The van der Waals surface area contributed by atoms with E-state index in [1.54, 1.807) is 23.0 Å². The van der Waals surface area contributed by atoms with Gasteiger partial charge in [-0.05, 0) is 30.9 Å². The van der Waals surface area contributed by atoms with E-state index in [1.165, 1.54) is 42.1 Å². The van der Waals surface area contributed by atoms with E-state index in [4.69, 9.17) is 0 Å². The Bertz CT molecular complexity index is 1230. The average molecular weight is 441 g/mol. The molecule has 1 aliphatic rings. The molecule has 2 heterocycles. The maximum absolute atomic E-state index is 14.8. The third-order valence-electron chi connectivity index (χ3n) is 4.87. The summed E-state index contributed by atoms with van der Waals surface area (Å²) in [5.41, 5.74) is 1.04. The molecule has 158 valence electrons. The van der Waals surface area contributed by atoms with Gasteiger partial charge in [0.15, 0.2) is 11.0 Å². The SMILES string of the molecule is CSc1nnc2n1-c1ccc([N+](=O)[O-])cc1C(c1ccccc1F)=N[C@H]2CCC(=O)O. The number of rotatable bonds is 6. The Kier molecular flexibility index (Phi) is 5.51. The molecule has 1 atom stereocenters. The summed E-state index contributed by atoms with van der Waals surface area (Å²) in [6.07, 6.45) is 1.73. The maximum atomic E-state index is 14.8. The summed E-state index contributed by atoms with van der Waals surface area (Å²) in [6.45, 7) is 0. The van der Waals surface area contributed by atoms with Crippen molar-refractivity contribution in [3.63, 3.8) is 0 Å². The highest BCUT2D eigenvalue weighted by Crippen LogP contribution is 2.36. The highest BCUT2D eigenvalue weighted by atomic mass is 32.2. The Morgan fingerprint density at radius 2 is 2.03 bits per heavy atom. The Hall–Kier alpha value is -3.60. The zero-order valence-corrected chi connectivity index (χ0v) is 17.0. The lowest BCUT2D eigenvalue weighted by Gasteiger charge is -2.13. The molecule has 3 aromatic rings. The molecule has 0 radical (unpaired) electrons. The number of carboxylic acids is 1. The summed E-state index contributed by atoms with van der Waals surface area (Å²) < 4.78 is 16.5. The highest BCUT2D eigenvalue weighted by Gasteiger charge is 2.31. The number of hydrogen-bond acceptors (Lipinski definition) is 7. The van der Waals surface area contributed by atoms with Crippen molar-refractivity contribution in [2.45, 2.75) is 24.0 Å².